The number of sulfone groups is 1. The fraction of sp³-hybridized carbons (Fsp3) is 0.462. The van der Waals surface area contributed by atoms with E-state index in [2.05, 4.69) is 4.74 Å². The number of amides is 1. The van der Waals surface area contributed by atoms with Crippen LogP contribution in [-0.4, -0.2) is 50.2 Å². The first kappa shape index (κ1) is 16.6. The minimum absolute atomic E-state index is 0.0354. The molecule has 1 heterocycles. The van der Waals surface area contributed by atoms with Crippen molar-refractivity contribution in [2.45, 2.75) is 18.8 Å². The molecule has 1 aliphatic rings. The van der Waals surface area contributed by atoms with Crippen LogP contribution in [0.25, 0.3) is 0 Å². The van der Waals surface area contributed by atoms with E-state index in [1.54, 1.807) is 0 Å². The standard InChI is InChI=1S/C13H14F3NO4S/c1-17(10-6-7-22(19,20)8-10)12(18)9-2-4-11(5-3-9)21-13(14,15)16/h2-5,10H,6-8H2,1H3/t10-/m1/s1. The van der Waals surface area contributed by atoms with Gasteiger partial charge in [-0.15, -0.1) is 13.2 Å². The quantitative estimate of drug-likeness (QED) is 0.844. The third-order valence-electron chi connectivity index (χ3n) is 3.41. The van der Waals surface area contributed by atoms with Crippen LogP contribution in [0.3, 0.4) is 0 Å². The highest BCUT2D eigenvalue weighted by atomic mass is 32.2. The zero-order valence-corrected chi connectivity index (χ0v) is 12.4. The molecule has 0 saturated carbocycles. The fourth-order valence-electron chi connectivity index (χ4n) is 2.25. The van der Waals surface area contributed by atoms with Crippen LogP contribution in [0.4, 0.5) is 13.2 Å². The Morgan fingerprint density at radius 1 is 1.27 bits per heavy atom. The zero-order valence-electron chi connectivity index (χ0n) is 11.6. The summed E-state index contributed by atoms with van der Waals surface area (Å²) in [4.78, 5) is 13.5. The highest BCUT2D eigenvalue weighted by Gasteiger charge is 2.33. The lowest BCUT2D eigenvalue weighted by Gasteiger charge is -2.23. The fourth-order valence-corrected chi connectivity index (χ4v) is 4.02. The second-order valence-electron chi connectivity index (χ2n) is 5.05. The monoisotopic (exact) mass is 337 g/mol. The maximum atomic E-state index is 12.2. The number of ether oxygens (including phenoxy) is 1. The number of benzene rings is 1. The molecule has 22 heavy (non-hydrogen) atoms. The van der Waals surface area contributed by atoms with Crippen molar-refractivity contribution in [1.29, 1.82) is 0 Å². The number of halogens is 3. The summed E-state index contributed by atoms with van der Waals surface area (Å²) in [6.07, 6.45) is -4.43. The summed E-state index contributed by atoms with van der Waals surface area (Å²) in [6, 6.07) is 4.09. The van der Waals surface area contributed by atoms with Crippen LogP contribution in [0.5, 0.6) is 5.75 Å². The number of carbonyl (C=O) groups is 1. The summed E-state index contributed by atoms with van der Waals surface area (Å²) < 4.78 is 62.7. The van der Waals surface area contributed by atoms with E-state index in [1.807, 2.05) is 0 Å². The highest BCUT2D eigenvalue weighted by molar-refractivity contribution is 7.91. The molecule has 1 aromatic rings. The minimum atomic E-state index is -4.79. The van der Waals surface area contributed by atoms with Crippen molar-refractivity contribution in [3.05, 3.63) is 29.8 Å². The molecule has 1 aromatic carbocycles. The molecule has 1 aliphatic heterocycles. The van der Waals surface area contributed by atoms with Gasteiger partial charge in [0.25, 0.3) is 5.91 Å². The molecule has 0 radical (unpaired) electrons. The second-order valence-corrected chi connectivity index (χ2v) is 7.27. The average Bonchev–Trinajstić information content (AvgIpc) is 2.76. The maximum absolute atomic E-state index is 12.2. The van der Waals surface area contributed by atoms with Crippen molar-refractivity contribution in [3.63, 3.8) is 0 Å². The van der Waals surface area contributed by atoms with E-state index in [4.69, 9.17) is 0 Å². The molecular weight excluding hydrogens is 323 g/mol. The van der Waals surface area contributed by atoms with Gasteiger partial charge in [-0.2, -0.15) is 0 Å². The van der Waals surface area contributed by atoms with Crippen molar-refractivity contribution in [2.24, 2.45) is 0 Å². The van der Waals surface area contributed by atoms with Gasteiger partial charge in [-0.3, -0.25) is 4.79 Å². The van der Waals surface area contributed by atoms with Crippen molar-refractivity contribution >= 4 is 15.7 Å². The molecule has 1 amide bonds. The van der Waals surface area contributed by atoms with E-state index in [1.165, 1.54) is 24.1 Å². The summed E-state index contributed by atoms with van der Waals surface area (Å²) in [5, 5.41) is 0. The first-order chi connectivity index (χ1) is 10.1. The van der Waals surface area contributed by atoms with Crippen LogP contribution < -0.4 is 4.74 Å². The van der Waals surface area contributed by atoms with Crippen molar-refractivity contribution in [2.75, 3.05) is 18.6 Å². The summed E-state index contributed by atoms with van der Waals surface area (Å²) in [7, 11) is -1.64. The molecule has 1 atom stereocenters. The second kappa shape index (κ2) is 5.79. The third kappa shape index (κ3) is 4.12. The van der Waals surface area contributed by atoms with Gasteiger partial charge < -0.3 is 9.64 Å². The minimum Gasteiger partial charge on any atom is -0.406 e. The van der Waals surface area contributed by atoms with Crippen LogP contribution in [0.15, 0.2) is 24.3 Å². The van der Waals surface area contributed by atoms with Gasteiger partial charge in [-0.25, -0.2) is 8.42 Å². The lowest BCUT2D eigenvalue weighted by Crippen LogP contribution is -2.37. The Kier molecular flexibility index (Phi) is 4.37. The number of alkyl halides is 3. The highest BCUT2D eigenvalue weighted by Crippen LogP contribution is 2.24. The van der Waals surface area contributed by atoms with Crippen LogP contribution in [-0.2, 0) is 9.84 Å². The van der Waals surface area contributed by atoms with Gasteiger partial charge in [0.05, 0.1) is 11.5 Å². The lowest BCUT2D eigenvalue weighted by atomic mass is 10.1. The molecule has 0 unspecified atom stereocenters. The van der Waals surface area contributed by atoms with Crippen molar-refractivity contribution in [3.8, 4) is 5.75 Å². The van der Waals surface area contributed by atoms with Gasteiger partial charge in [0.2, 0.25) is 0 Å². The Morgan fingerprint density at radius 2 is 1.86 bits per heavy atom. The van der Waals surface area contributed by atoms with E-state index in [9.17, 15) is 26.4 Å². The normalized spacial score (nSPS) is 20.6. The summed E-state index contributed by atoms with van der Waals surface area (Å²) in [6.45, 7) is 0. The average molecular weight is 337 g/mol. The van der Waals surface area contributed by atoms with Crippen molar-refractivity contribution < 1.29 is 31.1 Å². The summed E-state index contributed by atoms with van der Waals surface area (Å²) in [5.41, 5.74) is 0.168. The van der Waals surface area contributed by atoms with E-state index in [-0.39, 0.29) is 17.1 Å². The van der Waals surface area contributed by atoms with E-state index < -0.39 is 33.9 Å². The first-order valence-corrected chi connectivity index (χ1v) is 8.23. The third-order valence-corrected chi connectivity index (χ3v) is 5.16. The summed E-state index contributed by atoms with van der Waals surface area (Å²) >= 11 is 0. The van der Waals surface area contributed by atoms with Gasteiger partial charge in [0, 0.05) is 18.7 Å². The molecular formula is C13H14F3NO4S. The van der Waals surface area contributed by atoms with Gasteiger partial charge in [-0.1, -0.05) is 0 Å². The Bertz CT molecular complexity index is 655. The van der Waals surface area contributed by atoms with Crippen LogP contribution in [0, 0.1) is 0 Å². The Hall–Kier alpha value is -1.77. The van der Waals surface area contributed by atoms with E-state index in [0.717, 1.165) is 12.1 Å². The van der Waals surface area contributed by atoms with Gasteiger partial charge in [0.15, 0.2) is 9.84 Å². The zero-order chi connectivity index (χ0) is 16.5. The Labute approximate surface area is 125 Å². The molecule has 1 saturated heterocycles. The van der Waals surface area contributed by atoms with Gasteiger partial charge in [-0.05, 0) is 30.7 Å². The number of nitrogens with zero attached hydrogens (tertiary/aromatic N) is 1. The molecule has 0 spiro atoms. The largest absolute Gasteiger partial charge is 0.573 e. The molecule has 0 aromatic heterocycles. The van der Waals surface area contributed by atoms with Gasteiger partial charge in [0.1, 0.15) is 5.75 Å². The SMILES string of the molecule is CN(C(=O)c1ccc(OC(F)(F)F)cc1)[C@@H]1CCS(=O)(=O)C1. The Balaban J connectivity index is 2.06. The first-order valence-electron chi connectivity index (χ1n) is 6.41. The smallest absolute Gasteiger partial charge is 0.406 e. The van der Waals surface area contributed by atoms with E-state index >= 15 is 0 Å². The molecule has 2 rings (SSSR count). The van der Waals surface area contributed by atoms with E-state index in [0.29, 0.717) is 6.42 Å². The number of hydrogen-bond acceptors (Lipinski definition) is 4. The van der Waals surface area contributed by atoms with Crippen LogP contribution >= 0.6 is 0 Å². The van der Waals surface area contributed by atoms with Crippen molar-refractivity contribution in [1.82, 2.24) is 4.90 Å². The number of carbonyl (C=O) groups excluding carboxylic acids is 1. The Morgan fingerprint density at radius 3 is 2.32 bits per heavy atom. The van der Waals surface area contributed by atoms with Crippen LogP contribution in [0.2, 0.25) is 0 Å². The molecule has 9 heteroatoms. The molecule has 5 nitrogen and oxygen atoms in total. The lowest BCUT2D eigenvalue weighted by molar-refractivity contribution is -0.274. The maximum Gasteiger partial charge on any atom is 0.573 e. The predicted molar refractivity (Wildman–Crippen MR) is 72.3 cm³/mol. The van der Waals surface area contributed by atoms with Crippen LogP contribution in [0.1, 0.15) is 16.8 Å². The number of rotatable bonds is 3. The molecule has 122 valence electrons. The molecule has 0 N–H and O–H groups in total. The molecule has 0 aliphatic carbocycles. The number of hydrogen-bond donors (Lipinski definition) is 0. The topological polar surface area (TPSA) is 63.7 Å². The predicted octanol–water partition coefficient (Wildman–Crippen LogP) is 1.84. The van der Waals surface area contributed by atoms with Gasteiger partial charge >= 0.3 is 6.36 Å². The summed E-state index contributed by atoms with van der Waals surface area (Å²) in [5.74, 6) is -0.922. The molecule has 1 fully saturated rings. The molecule has 0 bridgehead atoms.